The maximum absolute atomic E-state index is 5.29. The first-order valence-corrected chi connectivity index (χ1v) is 6.80. The van der Waals surface area contributed by atoms with Gasteiger partial charge in [-0.25, -0.2) is 0 Å². The molecule has 1 aliphatic carbocycles. The van der Waals surface area contributed by atoms with E-state index in [4.69, 9.17) is 4.52 Å². The number of hydrogen-bond donors (Lipinski definition) is 0. The Balaban J connectivity index is 1.52. The first kappa shape index (κ1) is 11.4. The molecule has 2 heterocycles. The third-order valence-corrected chi connectivity index (χ3v) is 3.45. The van der Waals surface area contributed by atoms with Crippen LogP contribution in [0.3, 0.4) is 0 Å². The molecular formula is C15H14N4O. The van der Waals surface area contributed by atoms with E-state index in [2.05, 4.69) is 21.3 Å². The van der Waals surface area contributed by atoms with Gasteiger partial charge in [-0.15, -0.1) is 0 Å². The lowest BCUT2D eigenvalue weighted by atomic mass is 10.2. The number of rotatable bonds is 4. The number of hydrogen-bond acceptors (Lipinski definition) is 4. The average Bonchev–Trinajstić information content (AvgIpc) is 3.06. The molecule has 1 aliphatic rings. The highest BCUT2D eigenvalue weighted by Crippen LogP contribution is 2.38. The lowest BCUT2D eigenvalue weighted by molar-refractivity contribution is 0.366. The van der Waals surface area contributed by atoms with Gasteiger partial charge in [0.05, 0.1) is 5.69 Å². The van der Waals surface area contributed by atoms with E-state index in [1.165, 1.54) is 18.5 Å². The summed E-state index contributed by atoms with van der Waals surface area (Å²) in [6, 6.07) is 11.9. The minimum Gasteiger partial charge on any atom is -0.337 e. The van der Waals surface area contributed by atoms with Gasteiger partial charge in [0.25, 0.3) is 0 Å². The van der Waals surface area contributed by atoms with Crippen LogP contribution in [0.2, 0.25) is 0 Å². The molecule has 2 aromatic heterocycles. The van der Waals surface area contributed by atoms with Crippen molar-refractivity contribution in [3.8, 4) is 11.4 Å². The topological polar surface area (TPSA) is 56.7 Å². The fraction of sp³-hybridized carbons (Fsp3) is 0.267. The van der Waals surface area contributed by atoms with Crippen LogP contribution in [-0.2, 0) is 6.54 Å². The third-order valence-electron chi connectivity index (χ3n) is 3.45. The van der Waals surface area contributed by atoms with Crippen LogP contribution in [0.15, 0.2) is 47.1 Å². The SMILES string of the molecule is c1ccc(-c2noc(Cn3ccc(C4CC4)n3)n2)cc1. The summed E-state index contributed by atoms with van der Waals surface area (Å²) in [6.45, 7) is 0.520. The normalized spacial score (nSPS) is 14.6. The molecule has 3 aromatic rings. The lowest BCUT2D eigenvalue weighted by Gasteiger charge is -1.95. The summed E-state index contributed by atoms with van der Waals surface area (Å²) >= 11 is 0. The second-order valence-corrected chi connectivity index (χ2v) is 5.09. The monoisotopic (exact) mass is 266 g/mol. The molecule has 100 valence electrons. The van der Waals surface area contributed by atoms with E-state index in [-0.39, 0.29) is 0 Å². The van der Waals surface area contributed by atoms with E-state index in [0.29, 0.717) is 24.2 Å². The molecule has 0 atom stereocenters. The van der Waals surface area contributed by atoms with E-state index < -0.39 is 0 Å². The Hall–Kier alpha value is -2.43. The van der Waals surface area contributed by atoms with Gasteiger partial charge in [-0.2, -0.15) is 10.1 Å². The maximum atomic E-state index is 5.29. The van der Waals surface area contributed by atoms with Gasteiger partial charge in [-0.1, -0.05) is 35.5 Å². The second kappa shape index (κ2) is 4.59. The van der Waals surface area contributed by atoms with E-state index in [0.717, 1.165) is 5.56 Å². The zero-order valence-electron chi connectivity index (χ0n) is 10.9. The van der Waals surface area contributed by atoms with Gasteiger partial charge >= 0.3 is 0 Å². The highest BCUT2D eigenvalue weighted by molar-refractivity contribution is 5.53. The Morgan fingerprint density at radius 2 is 2.00 bits per heavy atom. The molecule has 0 radical (unpaired) electrons. The third kappa shape index (κ3) is 2.22. The van der Waals surface area contributed by atoms with Crippen LogP contribution in [-0.4, -0.2) is 19.9 Å². The Labute approximate surface area is 116 Å². The molecule has 0 unspecified atom stereocenters. The molecule has 0 bridgehead atoms. The van der Waals surface area contributed by atoms with E-state index in [1.807, 2.05) is 41.2 Å². The zero-order chi connectivity index (χ0) is 13.4. The predicted octanol–water partition coefficient (Wildman–Crippen LogP) is 2.86. The van der Waals surface area contributed by atoms with E-state index in [9.17, 15) is 0 Å². The van der Waals surface area contributed by atoms with Crippen molar-refractivity contribution < 1.29 is 4.52 Å². The summed E-state index contributed by atoms with van der Waals surface area (Å²) in [5, 5.41) is 8.55. The molecule has 1 saturated carbocycles. The molecule has 1 aromatic carbocycles. The van der Waals surface area contributed by atoms with Gasteiger partial charge in [0.1, 0.15) is 6.54 Å². The molecule has 0 saturated heterocycles. The smallest absolute Gasteiger partial charge is 0.248 e. The zero-order valence-corrected chi connectivity index (χ0v) is 10.9. The fourth-order valence-corrected chi connectivity index (χ4v) is 2.22. The van der Waals surface area contributed by atoms with Gasteiger partial charge in [-0.05, 0) is 18.9 Å². The minimum atomic E-state index is 0.520. The lowest BCUT2D eigenvalue weighted by Crippen LogP contribution is -2.01. The van der Waals surface area contributed by atoms with Crippen molar-refractivity contribution >= 4 is 0 Å². The van der Waals surface area contributed by atoms with Crippen molar-refractivity contribution in [1.82, 2.24) is 19.9 Å². The standard InChI is InChI=1S/C15H14N4O/c1-2-4-12(5-3-1)15-16-14(20-18-15)10-19-9-8-13(17-19)11-6-7-11/h1-5,8-9,11H,6-7,10H2. The largest absolute Gasteiger partial charge is 0.337 e. The van der Waals surface area contributed by atoms with Crippen LogP contribution >= 0.6 is 0 Å². The fourth-order valence-electron chi connectivity index (χ4n) is 2.22. The van der Waals surface area contributed by atoms with Crippen LogP contribution in [0.4, 0.5) is 0 Å². The van der Waals surface area contributed by atoms with Gasteiger partial charge in [-0.3, -0.25) is 4.68 Å². The van der Waals surface area contributed by atoms with Crippen molar-refractivity contribution in [2.45, 2.75) is 25.3 Å². The van der Waals surface area contributed by atoms with Gasteiger partial charge in [0.2, 0.25) is 11.7 Å². The molecule has 1 fully saturated rings. The first-order valence-electron chi connectivity index (χ1n) is 6.80. The maximum Gasteiger partial charge on any atom is 0.248 e. The van der Waals surface area contributed by atoms with Crippen LogP contribution in [0.25, 0.3) is 11.4 Å². The van der Waals surface area contributed by atoms with Crippen molar-refractivity contribution in [3.63, 3.8) is 0 Å². The van der Waals surface area contributed by atoms with Crippen LogP contribution in [0.5, 0.6) is 0 Å². The van der Waals surface area contributed by atoms with E-state index in [1.54, 1.807) is 0 Å². The second-order valence-electron chi connectivity index (χ2n) is 5.09. The molecule has 5 heteroatoms. The molecule has 0 N–H and O–H groups in total. The van der Waals surface area contributed by atoms with E-state index >= 15 is 0 Å². The van der Waals surface area contributed by atoms with Crippen molar-refractivity contribution in [3.05, 3.63) is 54.2 Å². The Morgan fingerprint density at radius 3 is 2.80 bits per heavy atom. The predicted molar refractivity (Wildman–Crippen MR) is 73.0 cm³/mol. The summed E-state index contributed by atoms with van der Waals surface area (Å²) < 4.78 is 7.14. The average molecular weight is 266 g/mol. The van der Waals surface area contributed by atoms with Crippen molar-refractivity contribution in [2.24, 2.45) is 0 Å². The quantitative estimate of drug-likeness (QED) is 0.728. The summed E-state index contributed by atoms with van der Waals surface area (Å²) in [7, 11) is 0. The highest BCUT2D eigenvalue weighted by Gasteiger charge is 2.25. The van der Waals surface area contributed by atoms with Gasteiger partial charge in [0.15, 0.2) is 0 Å². The Kier molecular flexibility index (Phi) is 2.62. The molecule has 4 rings (SSSR count). The molecule has 0 aliphatic heterocycles. The number of nitrogens with zero attached hydrogens (tertiary/aromatic N) is 4. The van der Waals surface area contributed by atoms with Gasteiger partial charge < -0.3 is 4.52 Å². The van der Waals surface area contributed by atoms with Crippen LogP contribution < -0.4 is 0 Å². The van der Waals surface area contributed by atoms with Gasteiger partial charge in [0, 0.05) is 17.7 Å². The Morgan fingerprint density at radius 1 is 1.15 bits per heavy atom. The first-order chi connectivity index (χ1) is 9.88. The molecular weight excluding hydrogens is 252 g/mol. The van der Waals surface area contributed by atoms with Crippen molar-refractivity contribution in [1.29, 1.82) is 0 Å². The summed E-state index contributed by atoms with van der Waals surface area (Å²) in [4.78, 5) is 4.41. The molecule has 20 heavy (non-hydrogen) atoms. The molecule has 0 amide bonds. The van der Waals surface area contributed by atoms with Crippen LogP contribution in [0, 0.1) is 0 Å². The Bertz CT molecular complexity index is 712. The minimum absolute atomic E-state index is 0.520. The molecule has 0 spiro atoms. The van der Waals surface area contributed by atoms with Crippen molar-refractivity contribution in [2.75, 3.05) is 0 Å². The summed E-state index contributed by atoms with van der Waals surface area (Å²) in [5.74, 6) is 1.86. The molecule has 5 nitrogen and oxygen atoms in total. The number of benzene rings is 1. The number of aromatic nitrogens is 4. The highest BCUT2D eigenvalue weighted by atomic mass is 16.5. The summed E-state index contributed by atoms with van der Waals surface area (Å²) in [5.41, 5.74) is 2.13. The summed E-state index contributed by atoms with van der Waals surface area (Å²) in [6.07, 6.45) is 4.49. The van der Waals surface area contributed by atoms with Crippen LogP contribution in [0.1, 0.15) is 30.3 Å².